The molecule has 0 aliphatic carbocycles. The van der Waals surface area contributed by atoms with Crippen molar-refractivity contribution >= 4 is 34.4 Å². The van der Waals surface area contributed by atoms with Gasteiger partial charge in [-0.25, -0.2) is 9.97 Å². The number of aromatic hydroxyl groups is 1. The van der Waals surface area contributed by atoms with Gasteiger partial charge in [0.05, 0.1) is 16.9 Å². The normalized spacial score (nSPS) is 10.7. The van der Waals surface area contributed by atoms with Crippen molar-refractivity contribution in [3.05, 3.63) is 52.8 Å². The van der Waals surface area contributed by atoms with E-state index in [-0.39, 0.29) is 11.4 Å². The van der Waals surface area contributed by atoms with E-state index >= 15 is 0 Å². The standard InChI is InChI=1S/C18H14ClN3O4/c1-9-15-12(17(25)16(21-9)18(26)20-8-14(23)24)5-6-13(22-15)10-3-2-4-11(19)7-10/h2-7,25H,8H2,1H3,(H,20,26)(H,23,24). The molecule has 132 valence electrons. The van der Waals surface area contributed by atoms with E-state index in [1.807, 2.05) is 12.1 Å². The first-order valence-electron chi connectivity index (χ1n) is 7.63. The number of aryl methyl sites for hydroxylation is 1. The summed E-state index contributed by atoms with van der Waals surface area (Å²) in [6.45, 7) is 1.09. The molecule has 7 nitrogen and oxygen atoms in total. The lowest BCUT2D eigenvalue weighted by Crippen LogP contribution is -2.30. The highest BCUT2D eigenvalue weighted by Crippen LogP contribution is 2.31. The molecule has 0 saturated heterocycles. The van der Waals surface area contributed by atoms with Gasteiger partial charge in [0, 0.05) is 16.0 Å². The number of aliphatic carboxylic acids is 1. The van der Waals surface area contributed by atoms with E-state index < -0.39 is 18.4 Å². The van der Waals surface area contributed by atoms with Crippen LogP contribution in [0.2, 0.25) is 5.02 Å². The Balaban J connectivity index is 2.07. The second-order valence-electron chi connectivity index (χ2n) is 5.57. The van der Waals surface area contributed by atoms with Crippen molar-refractivity contribution in [1.82, 2.24) is 15.3 Å². The van der Waals surface area contributed by atoms with Crippen molar-refractivity contribution in [3.8, 4) is 17.0 Å². The van der Waals surface area contributed by atoms with Crippen LogP contribution in [0, 0.1) is 6.92 Å². The Morgan fingerprint density at radius 2 is 1.96 bits per heavy atom. The van der Waals surface area contributed by atoms with Gasteiger partial charge in [0.2, 0.25) is 0 Å². The lowest BCUT2D eigenvalue weighted by molar-refractivity contribution is -0.135. The molecule has 1 aromatic carbocycles. The minimum Gasteiger partial charge on any atom is -0.505 e. The molecule has 26 heavy (non-hydrogen) atoms. The maximum atomic E-state index is 12.1. The minimum absolute atomic E-state index is 0.242. The van der Waals surface area contributed by atoms with Crippen molar-refractivity contribution in [1.29, 1.82) is 0 Å². The van der Waals surface area contributed by atoms with Crippen LogP contribution in [-0.4, -0.2) is 38.6 Å². The fourth-order valence-electron chi connectivity index (χ4n) is 2.53. The third-order valence-electron chi connectivity index (χ3n) is 3.73. The van der Waals surface area contributed by atoms with Gasteiger partial charge in [0.15, 0.2) is 11.4 Å². The van der Waals surface area contributed by atoms with Crippen LogP contribution in [0.1, 0.15) is 16.2 Å². The van der Waals surface area contributed by atoms with E-state index in [1.54, 1.807) is 31.2 Å². The van der Waals surface area contributed by atoms with Crippen LogP contribution < -0.4 is 5.32 Å². The van der Waals surface area contributed by atoms with Crippen LogP contribution in [0.15, 0.2) is 36.4 Å². The summed E-state index contributed by atoms with van der Waals surface area (Å²) in [7, 11) is 0. The second kappa shape index (κ2) is 6.97. The molecule has 0 unspecified atom stereocenters. The number of halogens is 1. The first-order chi connectivity index (χ1) is 12.4. The van der Waals surface area contributed by atoms with Gasteiger partial charge in [-0.05, 0) is 31.2 Å². The predicted octanol–water partition coefficient (Wildman–Crippen LogP) is 2.78. The highest BCUT2D eigenvalue weighted by Gasteiger charge is 2.19. The lowest BCUT2D eigenvalue weighted by atomic mass is 10.1. The van der Waals surface area contributed by atoms with Gasteiger partial charge >= 0.3 is 5.97 Å². The molecule has 3 N–H and O–H groups in total. The van der Waals surface area contributed by atoms with Crippen LogP contribution in [-0.2, 0) is 4.79 Å². The Bertz CT molecular complexity index is 1040. The number of hydrogen-bond acceptors (Lipinski definition) is 5. The van der Waals surface area contributed by atoms with Crippen LogP contribution >= 0.6 is 11.6 Å². The number of carbonyl (C=O) groups excluding carboxylic acids is 1. The van der Waals surface area contributed by atoms with E-state index in [0.717, 1.165) is 5.56 Å². The molecule has 0 spiro atoms. The quantitative estimate of drug-likeness (QED) is 0.650. The Morgan fingerprint density at radius 3 is 2.65 bits per heavy atom. The Morgan fingerprint density at radius 1 is 1.19 bits per heavy atom. The summed E-state index contributed by atoms with van der Waals surface area (Å²) in [6.07, 6.45) is 0. The van der Waals surface area contributed by atoms with E-state index in [1.165, 1.54) is 0 Å². The van der Waals surface area contributed by atoms with Crippen LogP contribution in [0.3, 0.4) is 0 Å². The number of fused-ring (bicyclic) bond motifs is 1. The number of nitrogens with one attached hydrogen (secondary N) is 1. The fourth-order valence-corrected chi connectivity index (χ4v) is 2.72. The molecule has 0 fully saturated rings. The molecular weight excluding hydrogens is 358 g/mol. The summed E-state index contributed by atoms with van der Waals surface area (Å²) in [5.41, 5.74) is 2.08. The average Bonchev–Trinajstić information content (AvgIpc) is 2.62. The third kappa shape index (κ3) is 3.43. The molecule has 0 aliphatic heterocycles. The van der Waals surface area contributed by atoms with Crippen LogP contribution in [0.4, 0.5) is 0 Å². The number of pyridine rings is 2. The summed E-state index contributed by atoms with van der Waals surface area (Å²) in [6, 6.07) is 10.5. The van der Waals surface area contributed by atoms with E-state index in [4.69, 9.17) is 16.7 Å². The Labute approximate surface area is 153 Å². The van der Waals surface area contributed by atoms with Crippen molar-refractivity contribution in [2.45, 2.75) is 6.92 Å². The number of amides is 1. The molecule has 3 rings (SSSR count). The van der Waals surface area contributed by atoms with Gasteiger partial charge < -0.3 is 15.5 Å². The number of hydrogen-bond donors (Lipinski definition) is 3. The third-order valence-corrected chi connectivity index (χ3v) is 3.97. The van der Waals surface area contributed by atoms with E-state index in [0.29, 0.717) is 27.3 Å². The maximum absolute atomic E-state index is 12.1. The molecule has 0 saturated carbocycles. The molecule has 0 aliphatic rings. The van der Waals surface area contributed by atoms with Gasteiger partial charge in [0.1, 0.15) is 6.54 Å². The monoisotopic (exact) mass is 371 g/mol. The number of rotatable bonds is 4. The number of carboxylic acids is 1. The van der Waals surface area contributed by atoms with Gasteiger partial charge in [-0.3, -0.25) is 9.59 Å². The van der Waals surface area contributed by atoms with Crippen molar-refractivity contribution in [2.24, 2.45) is 0 Å². The number of carbonyl (C=O) groups is 2. The summed E-state index contributed by atoms with van der Waals surface area (Å²) < 4.78 is 0. The SMILES string of the molecule is Cc1nc(C(=O)NCC(=O)O)c(O)c2ccc(-c3cccc(Cl)c3)nc12. The van der Waals surface area contributed by atoms with Gasteiger partial charge in [-0.15, -0.1) is 0 Å². The average molecular weight is 372 g/mol. The molecule has 2 heterocycles. The summed E-state index contributed by atoms with van der Waals surface area (Å²) in [5, 5.41) is 22.1. The number of carboxylic acid groups (broad SMARTS) is 1. The molecule has 2 aromatic heterocycles. The largest absolute Gasteiger partial charge is 0.505 e. The van der Waals surface area contributed by atoms with Crippen molar-refractivity contribution in [3.63, 3.8) is 0 Å². The van der Waals surface area contributed by atoms with Gasteiger partial charge in [-0.1, -0.05) is 23.7 Å². The summed E-state index contributed by atoms with van der Waals surface area (Å²) in [4.78, 5) is 31.2. The molecule has 8 heteroatoms. The second-order valence-corrected chi connectivity index (χ2v) is 6.01. The van der Waals surface area contributed by atoms with Gasteiger partial charge in [-0.2, -0.15) is 0 Å². The number of benzene rings is 1. The molecule has 0 atom stereocenters. The zero-order valence-corrected chi connectivity index (χ0v) is 14.4. The summed E-state index contributed by atoms with van der Waals surface area (Å²) in [5.74, 6) is -2.31. The maximum Gasteiger partial charge on any atom is 0.322 e. The molecule has 3 aromatic rings. The van der Waals surface area contributed by atoms with Gasteiger partial charge in [0.25, 0.3) is 5.91 Å². The van der Waals surface area contributed by atoms with Crippen molar-refractivity contribution in [2.75, 3.05) is 6.54 Å². The first-order valence-corrected chi connectivity index (χ1v) is 8.01. The smallest absolute Gasteiger partial charge is 0.322 e. The molecule has 0 radical (unpaired) electrons. The van der Waals surface area contributed by atoms with Crippen LogP contribution in [0.25, 0.3) is 22.2 Å². The van der Waals surface area contributed by atoms with Crippen LogP contribution in [0.5, 0.6) is 5.75 Å². The highest BCUT2D eigenvalue weighted by molar-refractivity contribution is 6.30. The zero-order chi connectivity index (χ0) is 18.8. The molecular formula is C18H14ClN3O4. The molecule has 0 bridgehead atoms. The minimum atomic E-state index is -1.19. The van der Waals surface area contributed by atoms with Crippen molar-refractivity contribution < 1.29 is 19.8 Å². The molecule has 1 amide bonds. The number of aromatic nitrogens is 2. The Kier molecular flexibility index (Phi) is 4.73. The Hall–Kier alpha value is -3.19. The topological polar surface area (TPSA) is 112 Å². The number of nitrogens with zero attached hydrogens (tertiary/aromatic N) is 2. The summed E-state index contributed by atoms with van der Waals surface area (Å²) >= 11 is 6.01. The lowest BCUT2D eigenvalue weighted by Gasteiger charge is -2.10. The zero-order valence-electron chi connectivity index (χ0n) is 13.7. The van der Waals surface area contributed by atoms with E-state index in [2.05, 4.69) is 15.3 Å². The predicted molar refractivity (Wildman–Crippen MR) is 96.4 cm³/mol. The van der Waals surface area contributed by atoms with E-state index in [9.17, 15) is 14.7 Å². The first kappa shape index (κ1) is 17.6. The highest BCUT2D eigenvalue weighted by atomic mass is 35.5. The fraction of sp³-hybridized carbons (Fsp3) is 0.111.